The van der Waals surface area contributed by atoms with E-state index in [1.54, 1.807) is 37.0 Å². The van der Waals surface area contributed by atoms with Gasteiger partial charge in [-0.1, -0.05) is 30.3 Å². The number of rotatable bonds is 5. The van der Waals surface area contributed by atoms with Crippen molar-refractivity contribution in [2.24, 2.45) is 7.05 Å². The highest BCUT2D eigenvalue weighted by atomic mass is 16.3. The second-order valence-electron chi connectivity index (χ2n) is 8.79. The average Bonchev–Trinajstić information content (AvgIpc) is 3.40. The van der Waals surface area contributed by atoms with Gasteiger partial charge in [0.05, 0.1) is 47.0 Å². The Labute approximate surface area is 196 Å². The van der Waals surface area contributed by atoms with Crippen molar-refractivity contribution < 1.29 is 9.90 Å². The number of amides is 2. The van der Waals surface area contributed by atoms with E-state index in [-0.39, 0.29) is 0 Å². The van der Waals surface area contributed by atoms with Gasteiger partial charge in [0.2, 0.25) is 0 Å². The Morgan fingerprint density at radius 2 is 1.74 bits per heavy atom. The SMILES string of the molecule is Cn1ncc2ccc(-n3ncc4cc(NC(=O)NC(c5ccccc5)C(C)(C)O)ncc43)cc21. The van der Waals surface area contributed by atoms with Crippen LogP contribution in [0.4, 0.5) is 10.6 Å². The molecule has 5 aromatic rings. The molecule has 9 nitrogen and oxygen atoms in total. The summed E-state index contributed by atoms with van der Waals surface area (Å²) >= 11 is 0. The Bertz CT molecular complexity index is 1480. The van der Waals surface area contributed by atoms with Crippen LogP contribution in [0, 0.1) is 0 Å². The molecule has 1 atom stereocenters. The highest BCUT2D eigenvalue weighted by Crippen LogP contribution is 2.26. The molecule has 3 heterocycles. The molecule has 0 aliphatic carbocycles. The summed E-state index contributed by atoms with van der Waals surface area (Å²) in [5, 5.41) is 26.9. The minimum Gasteiger partial charge on any atom is -0.388 e. The number of anilines is 1. The van der Waals surface area contributed by atoms with Crippen LogP contribution in [0.1, 0.15) is 25.5 Å². The van der Waals surface area contributed by atoms with Crippen LogP contribution in [-0.2, 0) is 7.05 Å². The summed E-state index contributed by atoms with van der Waals surface area (Å²) in [7, 11) is 1.90. The van der Waals surface area contributed by atoms with E-state index in [9.17, 15) is 9.90 Å². The van der Waals surface area contributed by atoms with E-state index in [1.165, 1.54) is 0 Å². The van der Waals surface area contributed by atoms with Gasteiger partial charge in [-0.2, -0.15) is 10.2 Å². The van der Waals surface area contributed by atoms with Gasteiger partial charge in [0.1, 0.15) is 5.82 Å². The number of carbonyl (C=O) groups excluding carboxylic acids is 1. The average molecular weight is 456 g/mol. The number of nitrogens with zero attached hydrogens (tertiary/aromatic N) is 5. The zero-order valence-electron chi connectivity index (χ0n) is 19.1. The Hall–Kier alpha value is -4.24. The third-order valence-electron chi connectivity index (χ3n) is 5.79. The molecule has 0 saturated heterocycles. The molecule has 0 bridgehead atoms. The van der Waals surface area contributed by atoms with Gasteiger partial charge in [-0.15, -0.1) is 0 Å². The maximum atomic E-state index is 12.7. The van der Waals surface area contributed by atoms with Gasteiger partial charge in [0, 0.05) is 17.8 Å². The maximum absolute atomic E-state index is 12.7. The summed E-state index contributed by atoms with van der Waals surface area (Å²) in [5.41, 5.74) is 2.35. The number of hydrogen-bond donors (Lipinski definition) is 3. The Morgan fingerprint density at radius 3 is 2.50 bits per heavy atom. The molecule has 0 spiro atoms. The number of aliphatic hydroxyl groups is 1. The quantitative estimate of drug-likeness (QED) is 0.372. The number of carbonyl (C=O) groups is 1. The van der Waals surface area contributed by atoms with Crippen LogP contribution < -0.4 is 10.6 Å². The van der Waals surface area contributed by atoms with E-state index < -0.39 is 17.7 Å². The first kappa shape index (κ1) is 21.6. The second kappa shape index (κ2) is 8.27. The third kappa shape index (κ3) is 4.08. The van der Waals surface area contributed by atoms with Gasteiger partial charge in [0.25, 0.3) is 0 Å². The highest BCUT2D eigenvalue weighted by molar-refractivity contribution is 5.91. The first-order chi connectivity index (χ1) is 16.3. The molecule has 0 fully saturated rings. The smallest absolute Gasteiger partial charge is 0.320 e. The molecule has 0 aliphatic heterocycles. The fourth-order valence-electron chi connectivity index (χ4n) is 4.06. The standard InChI is InChI=1S/C25H25N7O2/c1-25(2,34)23(16-7-5-4-6-8-16)30-24(33)29-22-11-18-14-28-32(21(18)15-26-22)19-10-9-17-13-27-31(3)20(17)12-19/h4-15,23,34H,1-3H3,(H2,26,29,30,33). The molecule has 1 unspecified atom stereocenters. The van der Waals surface area contributed by atoms with Crippen molar-refractivity contribution in [3.8, 4) is 5.69 Å². The molecule has 3 aromatic heterocycles. The molecule has 34 heavy (non-hydrogen) atoms. The van der Waals surface area contributed by atoms with Crippen molar-refractivity contribution >= 4 is 33.7 Å². The number of aryl methyl sites for hydroxylation is 1. The van der Waals surface area contributed by atoms with Crippen molar-refractivity contribution in [2.75, 3.05) is 5.32 Å². The second-order valence-corrected chi connectivity index (χ2v) is 8.79. The lowest BCUT2D eigenvalue weighted by Gasteiger charge is -2.30. The summed E-state index contributed by atoms with van der Waals surface area (Å²) in [6.45, 7) is 3.32. The summed E-state index contributed by atoms with van der Waals surface area (Å²) in [4.78, 5) is 17.1. The molecule has 3 N–H and O–H groups in total. The van der Waals surface area contributed by atoms with E-state index >= 15 is 0 Å². The van der Waals surface area contributed by atoms with Crippen LogP contribution in [-0.4, -0.2) is 41.3 Å². The number of pyridine rings is 1. The molecule has 0 aliphatic rings. The van der Waals surface area contributed by atoms with Crippen LogP contribution in [0.3, 0.4) is 0 Å². The summed E-state index contributed by atoms with van der Waals surface area (Å²) in [6.07, 6.45) is 5.23. The highest BCUT2D eigenvalue weighted by Gasteiger charge is 2.30. The zero-order chi connectivity index (χ0) is 23.9. The lowest BCUT2D eigenvalue weighted by atomic mass is 9.92. The predicted octanol–water partition coefficient (Wildman–Crippen LogP) is 3.94. The van der Waals surface area contributed by atoms with Crippen LogP contribution in [0.2, 0.25) is 0 Å². The van der Waals surface area contributed by atoms with E-state index in [0.29, 0.717) is 5.82 Å². The van der Waals surface area contributed by atoms with E-state index in [1.807, 2.05) is 66.5 Å². The summed E-state index contributed by atoms with van der Waals surface area (Å²) in [5.74, 6) is 0.384. The van der Waals surface area contributed by atoms with E-state index in [4.69, 9.17) is 0 Å². The van der Waals surface area contributed by atoms with Gasteiger partial charge in [0.15, 0.2) is 0 Å². The van der Waals surface area contributed by atoms with Crippen molar-refractivity contribution in [3.63, 3.8) is 0 Å². The summed E-state index contributed by atoms with van der Waals surface area (Å²) < 4.78 is 3.62. The monoisotopic (exact) mass is 455 g/mol. The lowest BCUT2D eigenvalue weighted by Crippen LogP contribution is -2.43. The van der Waals surface area contributed by atoms with Gasteiger partial charge >= 0.3 is 6.03 Å². The summed E-state index contributed by atoms with van der Waals surface area (Å²) in [6, 6.07) is 16.1. The van der Waals surface area contributed by atoms with Crippen molar-refractivity contribution in [1.29, 1.82) is 0 Å². The number of aromatic nitrogens is 5. The number of hydrogen-bond acceptors (Lipinski definition) is 5. The third-order valence-corrected chi connectivity index (χ3v) is 5.79. The van der Waals surface area contributed by atoms with Crippen LogP contribution in [0.25, 0.3) is 27.5 Å². The lowest BCUT2D eigenvalue weighted by molar-refractivity contribution is 0.0415. The Balaban J connectivity index is 1.37. The van der Waals surface area contributed by atoms with Gasteiger partial charge in [-0.05, 0) is 43.7 Å². The fraction of sp³-hybridized carbons (Fsp3) is 0.200. The molecule has 172 valence electrons. The molecule has 2 amide bonds. The minimum atomic E-state index is -1.16. The largest absolute Gasteiger partial charge is 0.388 e. The molecular formula is C25H25N7O2. The van der Waals surface area contributed by atoms with Crippen molar-refractivity contribution in [1.82, 2.24) is 29.9 Å². The molecule has 9 heteroatoms. The molecular weight excluding hydrogens is 430 g/mol. The molecule has 5 rings (SSSR count). The minimum absolute atomic E-state index is 0.384. The number of nitrogens with one attached hydrogen (secondary N) is 2. The van der Waals surface area contributed by atoms with Crippen LogP contribution >= 0.6 is 0 Å². The first-order valence-corrected chi connectivity index (χ1v) is 10.9. The predicted molar refractivity (Wildman–Crippen MR) is 131 cm³/mol. The topological polar surface area (TPSA) is 110 Å². The number of benzene rings is 2. The van der Waals surface area contributed by atoms with Crippen molar-refractivity contribution in [2.45, 2.75) is 25.5 Å². The Kier molecular flexibility index (Phi) is 5.25. The number of fused-ring (bicyclic) bond motifs is 2. The molecule has 2 aromatic carbocycles. The molecule has 0 saturated carbocycles. The molecule has 0 radical (unpaired) electrons. The zero-order valence-corrected chi connectivity index (χ0v) is 19.1. The van der Waals surface area contributed by atoms with E-state index in [0.717, 1.165) is 33.1 Å². The van der Waals surface area contributed by atoms with E-state index in [2.05, 4.69) is 25.8 Å². The van der Waals surface area contributed by atoms with Gasteiger partial charge < -0.3 is 10.4 Å². The maximum Gasteiger partial charge on any atom is 0.320 e. The number of urea groups is 1. The van der Waals surface area contributed by atoms with Crippen LogP contribution in [0.5, 0.6) is 0 Å². The fourth-order valence-corrected chi connectivity index (χ4v) is 4.06. The van der Waals surface area contributed by atoms with Crippen molar-refractivity contribution in [3.05, 3.63) is 78.8 Å². The van der Waals surface area contributed by atoms with Gasteiger partial charge in [-0.3, -0.25) is 10.00 Å². The Morgan fingerprint density at radius 1 is 0.971 bits per heavy atom. The van der Waals surface area contributed by atoms with Crippen LogP contribution in [0.15, 0.2) is 73.2 Å². The normalized spacial score (nSPS) is 12.7. The van der Waals surface area contributed by atoms with Gasteiger partial charge in [-0.25, -0.2) is 14.5 Å². The first-order valence-electron chi connectivity index (χ1n) is 10.9.